The molecule has 3 aliphatic rings. The Bertz CT molecular complexity index is 1780. The Balaban J connectivity index is 1.17. The van der Waals surface area contributed by atoms with Crippen LogP contribution in [0.2, 0.25) is 0 Å². The summed E-state index contributed by atoms with van der Waals surface area (Å²) in [5.41, 5.74) is 2.24. The molecule has 6 rings (SSSR count). The second kappa shape index (κ2) is 15.7. The molecule has 3 heterocycles. The third-order valence-corrected chi connectivity index (χ3v) is 10.6. The fraction of sp³-hybridized carbons (Fsp3) is 0.444. The summed E-state index contributed by atoms with van der Waals surface area (Å²) in [6, 6.07) is 19.9. The summed E-state index contributed by atoms with van der Waals surface area (Å²) in [4.78, 5) is 13.3. The minimum absolute atomic E-state index is 0.00233. The van der Waals surface area contributed by atoms with Gasteiger partial charge in [-0.25, -0.2) is 13.2 Å². The van der Waals surface area contributed by atoms with Gasteiger partial charge in [-0.3, -0.25) is 0 Å². The first-order valence-corrected chi connectivity index (χ1v) is 18.0. The normalized spacial score (nSPS) is 20.7. The second-order valence-corrected chi connectivity index (χ2v) is 14.9. The molecule has 0 aromatic heterocycles. The van der Waals surface area contributed by atoms with Crippen LogP contribution < -0.4 is 19.5 Å². The first-order valence-electron chi connectivity index (χ1n) is 16.6. The number of nitriles is 1. The van der Waals surface area contributed by atoms with E-state index < -0.39 is 40.7 Å². The summed E-state index contributed by atoms with van der Waals surface area (Å²) in [6.07, 6.45) is -2.10. The molecule has 2 saturated heterocycles. The van der Waals surface area contributed by atoms with E-state index in [2.05, 4.69) is 11.4 Å². The molecule has 2 N–H and O–H groups in total. The standard InChI is InChI=1S/C36H41N3O10S/c1-23(2)18-39(50(42,43)28-11-12-32-33(16-28)48-22-47-32)19-31(40)30(38-36(41)49-34-21-46-35-29(34)13-14-44-35)15-24-7-9-27(10-8-24)45-20-26-5-3-25(17-37)4-6-26/h3-12,16,23,29-31,34-35,40H,13-15,18-22H2,1-2H3,(H,38,41)/t29-,30-,31+,34-,35+/m0/s1. The minimum atomic E-state index is -4.08. The van der Waals surface area contributed by atoms with Gasteiger partial charge in [0.25, 0.3) is 0 Å². The van der Waals surface area contributed by atoms with E-state index in [0.29, 0.717) is 42.4 Å². The summed E-state index contributed by atoms with van der Waals surface area (Å²) >= 11 is 0. The van der Waals surface area contributed by atoms with Gasteiger partial charge < -0.3 is 38.8 Å². The Kier molecular flexibility index (Phi) is 11.1. The number of benzene rings is 3. The van der Waals surface area contributed by atoms with Crippen LogP contribution in [-0.4, -0.2) is 81.6 Å². The summed E-state index contributed by atoms with van der Waals surface area (Å²) in [5, 5.41) is 23.5. The largest absolute Gasteiger partial charge is 0.489 e. The lowest BCUT2D eigenvalue weighted by Crippen LogP contribution is -2.51. The molecule has 50 heavy (non-hydrogen) atoms. The molecule has 0 unspecified atom stereocenters. The maximum Gasteiger partial charge on any atom is 0.407 e. The summed E-state index contributed by atoms with van der Waals surface area (Å²) < 4.78 is 62.6. The highest BCUT2D eigenvalue weighted by molar-refractivity contribution is 7.89. The van der Waals surface area contributed by atoms with Crippen LogP contribution in [0.1, 0.15) is 37.0 Å². The second-order valence-electron chi connectivity index (χ2n) is 13.0. The minimum Gasteiger partial charge on any atom is -0.489 e. The average molecular weight is 708 g/mol. The molecule has 0 saturated carbocycles. The number of nitrogens with one attached hydrogen (secondary N) is 1. The van der Waals surface area contributed by atoms with Crippen molar-refractivity contribution in [1.29, 1.82) is 5.26 Å². The van der Waals surface area contributed by atoms with Crippen LogP contribution in [0.4, 0.5) is 4.79 Å². The van der Waals surface area contributed by atoms with Crippen LogP contribution in [-0.2, 0) is 37.3 Å². The van der Waals surface area contributed by atoms with Crippen LogP contribution in [0.5, 0.6) is 17.2 Å². The fourth-order valence-corrected chi connectivity index (χ4v) is 7.81. The Morgan fingerprint density at radius 3 is 2.50 bits per heavy atom. The molecular weight excluding hydrogens is 666 g/mol. The Morgan fingerprint density at radius 1 is 1.02 bits per heavy atom. The topological polar surface area (TPSA) is 166 Å². The highest BCUT2D eigenvalue weighted by Crippen LogP contribution is 2.35. The van der Waals surface area contributed by atoms with Gasteiger partial charge in [0.1, 0.15) is 18.5 Å². The first-order chi connectivity index (χ1) is 24.1. The molecule has 14 heteroatoms. The van der Waals surface area contributed by atoms with Gasteiger partial charge in [0.15, 0.2) is 17.8 Å². The molecule has 2 fully saturated rings. The van der Waals surface area contributed by atoms with Crippen LogP contribution >= 0.6 is 0 Å². The lowest BCUT2D eigenvalue weighted by Gasteiger charge is -2.31. The molecule has 3 aliphatic heterocycles. The number of hydrogen-bond donors (Lipinski definition) is 2. The number of rotatable bonds is 14. The van der Waals surface area contributed by atoms with Crippen LogP contribution in [0.25, 0.3) is 0 Å². The number of fused-ring (bicyclic) bond motifs is 2. The molecule has 5 atom stereocenters. The lowest BCUT2D eigenvalue weighted by molar-refractivity contribution is -0.0907. The van der Waals surface area contributed by atoms with Crippen molar-refractivity contribution in [2.24, 2.45) is 11.8 Å². The molecule has 1 amide bonds. The van der Waals surface area contributed by atoms with Crippen molar-refractivity contribution in [1.82, 2.24) is 9.62 Å². The fourth-order valence-electron chi connectivity index (χ4n) is 6.17. The Morgan fingerprint density at radius 2 is 1.76 bits per heavy atom. The summed E-state index contributed by atoms with van der Waals surface area (Å²) in [5.74, 6) is 1.25. The van der Waals surface area contributed by atoms with Crippen molar-refractivity contribution in [3.63, 3.8) is 0 Å². The number of carbonyl (C=O) groups excluding carboxylic acids is 1. The predicted molar refractivity (Wildman–Crippen MR) is 179 cm³/mol. The number of alkyl carbamates (subject to hydrolysis) is 1. The predicted octanol–water partition coefficient (Wildman–Crippen LogP) is 3.97. The number of nitrogens with zero attached hydrogens (tertiary/aromatic N) is 2. The Labute approximate surface area is 291 Å². The third kappa shape index (κ3) is 8.48. The van der Waals surface area contributed by atoms with E-state index in [4.69, 9.17) is 33.7 Å². The monoisotopic (exact) mass is 707 g/mol. The number of hydrogen-bond acceptors (Lipinski definition) is 11. The van der Waals surface area contributed by atoms with E-state index in [9.17, 15) is 18.3 Å². The molecule has 13 nitrogen and oxygen atoms in total. The van der Waals surface area contributed by atoms with Gasteiger partial charge >= 0.3 is 6.09 Å². The van der Waals surface area contributed by atoms with Crippen molar-refractivity contribution < 1.29 is 46.7 Å². The van der Waals surface area contributed by atoms with Crippen molar-refractivity contribution in [3.8, 4) is 23.3 Å². The van der Waals surface area contributed by atoms with Crippen molar-refractivity contribution >= 4 is 16.1 Å². The van der Waals surface area contributed by atoms with Gasteiger partial charge in [0, 0.05) is 19.2 Å². The van der Waals surface area contributed by atoms with Crippen molar-refractivity contribution in [3.05, 3.63) is 83.4 Å². The number of sulfonamides is 1. The van der Waals surface area contributed by atoms with Gasteiger partial charge in [0.2, 0.25) is 16.8 Å². The molecule has 0 aliphatic carbocycles. The smallest absolute Gasteiger partial charge is 0.407 e. The Hall–Kier alpha value is -4.39. The number of aliphatic hydroxyl groups is 1. The van der Waals surface area contributed by atoms with Crippen molar-refractivity contribution in [2.75, 3.05) is 33.1 Å². The molecule has 0 bridgehead atoms. The van der Waals surface area contributed by atoms with Crippen molar-refractivity contribution in [2.45, 2.75) is 62.7 Å². The third-order valence-electron chi connectivity index (χ3n) is 8.82. The van der Waals surface area contributed by atoms with E-state index >= 15 is 0 Å². The van der Waals surface area contributed by atoms with E-state index in [0.717, 1.165) is 11.1 Å². The van der Waals surface area contributed by atoms with E-state index in [1.165, 1.54) is 16.4 Å². The highest BCUT2D eigenvalue weighted by atomic mass is 32.2. The zero-order chi connectivity index (χ0) is 35.3. The average Bonchev–Trinajstić information content (AvgIpc) is 3.86. The number of ether oxygens (including phenoxy) is 6. The van der Waals surface area contributed by atoms with E-state index in [1.54, 1.807) is 30.3 Å². The van der Waals surface area contributed by atoms with Crippen LogP contribution in [0.15, 0.2) is 71.6 Å². The van der Waals surface area contributed by atoms with Gasteiger partial charge in [-0.05, 0) is 66.3 Å². The quantitative estimate of drug-likeness (QED) is 0.249. The molecule has 0 radical (unpaired) electrons. The van der Waals surface area contributed by atoms with Gasteiger partial charge in [-0.2, -0.15) is 9.57 Å². The van der Waals surface area contributed by atoms with Gasteiger partial charge in [-0.15, -0.1) is 0 Å². The number of amides is 1. The van der Waals surface area contributed by atoms with E-state index in [-0.39, 0.29) is 49.6 Å². The van der Waals surface area contributed by atoms with Gasteiger partial charge in [-0.1, -0.05) is 38.1 Å². The number of aliphatic hydroxyl groups excluding tert-OH is 1. The van der Waals surface area contributed by atoms with E-state index in [1.807, 2.05) is 38.1 Å². The zero-order valence-corrected chi connectivity index (χ0v) is 28.7. The highest BCUT2D eigenvalue weighted by Gasteiger charge is 2.44. The molecule has 3 aromatic carbocycles. The molecular formula is C36H41N3O10S. The first kappa shape index (κ1) is 35.4. The number of carbonyl (C=O) groups is 1. The summed E-state index contributed by atoms with van der Waals surface area (Å²) in [6.45, 7) is 4.64. The lowest BCUT2D eigenvalue weighted by atomic mass is 10.0. The van der Waals surface area contributed by atoms with Gasteiger partial charge in [0.05, 0.1) is 47.8 Å². The van der Waals surface area contributed by atoms with Crippen LogP contribution in [0.3, 0.4) is 0 Å². The van der Waals surface area contributed by atoms with Crippen LogP contribution in [0, 0.1) is 23.2 Å². The SMILES string of the molecule is CC(C)CN(C[C@@H](O)[C@H](Cc1ccc(OCc2ccc(C#N)cc2)cc1)NC(=O)O[C@H]1CO[C@H]2OCC[C@H]21)S(=O)(=O)c1ccc2c(c1)OCO2. The molecule has 0 spiro atoms. The summed E-state index contributed by atoms with van der Waals surface area (Å²) in [7, 11) is -4.08. The zero-order valence-electron chi connectivity index (χ0n) is 27.9. The maximum absolute atomic E-state index is 13.9. The maximum atomic E-state index is 13.9. The molecule has 3 aromatic rings. The molecule has 266 valence electrons.